The highest BCUT2D eigenvalue weighted by atomic mass is 32.2. The summed E-state index contributed by atoms with van der Waals surface area (Å²) < 4.78 is 25.4. The quantitative estimate of drug-likeness (QED) is 0.829. The van der Waals surface area contributed by atoms with Gasteiger partial charge in [-0.1, -0.05) is 38.1 Å². The Morgan fingerprint density at radius 1 is 1.06 bits per heavy atom. The van der Waals surface area contributed by atoms with Crippen molar-refractivity contribution in [1.82, 2.24) is 4.72 Å². The summed E-state index contributed by atoms with van der Waals surface area (Å²) in [6.07, 6.45) is 1.64. The van der Waals surface area contributed by atoms with Crippen LogP contribution in [0.1, 0.15) is 31.4 Å². The van der Waals surface area contributed by atoms with Gasteiger partial charge in [-0.25, -0.2) is 13.1 Å². The maximum atomic E-state index is 11.4. The van der Waals surface area contributed by atoms with Crippen LogP contribution in [0.3, 0.4) is 0 Å². The van der Waals surface area contributed by atoms with Crippen LogP contribution in [-0.4, -0.2) is 14.2 Å². The van der Waals surface area contributed by atoms with Gasteiger partial charge in [-0.05, 0) is 24.0 Å². The second kappa shape index (κ2) is 6.01. The third-order valence-electron chi connectivity index (χ3n) is 2.40. The second-order valence-electron chi connectivity index (χ2n) is 3.81. The zero-order valence-electron chi connectivity index (χ0n) is 9.86. The molecule has 0 fully saturated rings. The van der Waals surface area contributed by atoms with Crippen molar-refractivity contribution >= 4 is 10.0 Å². The number of benzene rings is 1. The van der Waals surface area contributed by atoms with Gasteiger partial charge in [-0.3, -0.25) is 0 Å². The van der Waals surface area contributed by atoms with Crippen molar-refractivity contribution in [3.05, 3.63) is 35.4 Å². The van der Waals surface area contributed by atoms with E-state index in [1.54, 1.807) is 0 Å². The molecule has 0 radical (unpaired) electrons. The van der Waals surface area contributed by atoms with E-state index in [0.29, 0.717) is 13.0 Å². The molecule has 0 aliphatic carbocycles. The van der Waals surface area contributed by atoms with Gasteiger partial charge in [0, 0.05) is 6.54 Å². The lowest BCUT2D eigenvalue weighted by Gasteiger charge is -2.06. The largest absolute Gasteiger partial charge is 0.212 e. The summed E-state index contributed by atoms with van der Waals surface area (Å²) in [7, 11) is -3.10. The van der Waals surface area contributed by atoms with Crippen LogP contribution in [0.2, 0.25) is 0 Å². The lowest BCUT2D eigenvalue weighted by molar-refractivity contribution is 0.580. The molecule has 0 atom stereocenters. The molecule has 0 amide bonds. The van der Waals surface area contributed by atoms with E-state index in [0.717, 1.165) is 12.0 Å². The highest BCUT2D eigenvalue weighted by Gasteiger charge is 2.07. The highest BCUT2D eigenvalue weighted by molar-refractivity contribution is 7.89. The third kappa shape index (κ3) is 4.33. The Labute approximate surface area is 97.9 Å². The Hall–Kier alpha value is -0.870. The van der Waals surface area contributed by atoms with Crippen LogP contribution >= 0.6 is 0 Å². The molecule has 16 heavy (non-hydrogen) atoms. The van der Waals surface area contributed by atoms with Crippen LogP contribution in [0.5, 0.6) is 0 Å². The van der Waals surface area contributed by atoms with Gasteiger partial charge in [0.05, 0.1) is 5.75 Å². The maximum Gasteiger partial charge on any atom is 0.211 e. The van der Waals surface area contributed by atoms with E-state index in [1.807, 2.05) is 31.2 Å². The summed E-state index contributed by atoms with van der Waals surface area (Å²) in [4.78, 5) is 0. The lowest BCUT2D eigenvalue weighted by Crippen LogP contribution is -2.25. The molecule has 1 aromatic rings. The molecule has 3 nitrogen and oxygen atoms in total. The Morgan fingerprint density at radius 2 is 1.62 bits per heavy atom. The molecular formula is C12H19NO2S. The number of rotatable bonds is 6. The van der Waals surface area contributed by atoms with E-state index < -0.39 is 10.0 Å². The number of hydrogen-bond acceptors (Lipinski definition) is 2. The first-order valence-corrected chi connectivity index (χ1v) is 7.27. The van der Waals surface area contributed by atoms with Gasteiger partial charge < -0.3 is 0 Å². The summed E-state index contributed by atoms with van der Waals surface area (Å²) in [5.41, 5.74) is 2.26. The first-order valence-electron chi connectivity index (χ1n) is 5.62. The van der Waals surface area contributed by atoms with E-state index in [-0.39, 0.29) is 5.75 Å². The van der Waals surface area contributed by atoms with Gasteiger partial charge in [0.2, 0.25) is 10.0 Å². The smallest absolute Gasteiger partial charge is 0.211 e. The molecule has 0 saturated carbocycles. The normalized spacial score (nSPS) is 11.6. The molecule has 0 spiro atoms. The van der Waals surface area contributed by atoms with Crippen LogP contribution in [0.25, 0.3) is 0 Å². The highest BCUT2D eigenvalue weighted by Crippen LogP contribution is 2.05. The molecular weight excluding hydrogens is 222 g/mol. The van der Waals surface area contributed by atoms with Gasteiger partial charge >= 0.3 is 0 Å². The molecule has 0 aliphatic rings. The molecule has 0 aliphatic heterocycles. The van der Waals surface area contributed by atoms with Crippen LogP contribution in [0, 0.1) is 0 Å². The van der Waals surface area contributed by atoms with E-state index in [9.17, 15) is 8.42 Å². The summed E-state index contributed by atoms with van der Waals surface area (Å²) in [6, 6.07) is 7.99. The second-order valence-corrected chi connectivity index (χ2v) is 5.74. The van der Waals surface area contributed by atoms with Gasteiger partial charge in [0.25, 0.3) is 0 Å². The van der Waals surface area contributed by atoms with Crippen molar-refractivity contribution in [2.24, 2.45) is 0 Å². The van der Waals surface area contributed by atoms with E-state index >= 15 is 0 Å². The monoisotopic (exact) mass is 241 g/mol. The maximum absolute atomic E-state index is 11.4. The van der Waals surface area contributed by atoms with Crippen molar-refractivity contribution < 1.29 is 8.42 Å². The average molecular weight is 241 g/mol. The number of sulfonamides is 1. The zero-order chi connectivity index (χ0) is 12.0. The third-order valence-corrected chi connectivity index (χ3v) is 3.93. The SMILES string of the molecule is CCCS(=O)(=O)NCc1ccc(CC)cc1. The minimum absolute atomic E-state index is 0.194. The molecule has 0 bridgehead atoms. The molecule has 0 saturated heterocycles. The predicted molar refractivity (Wildman–Crippen MR) is 66.7 cm³/mol. The van der Waals surface area contributed by atoms with Crippen molar-refractivity contribution in [2.45, 2.75) is 33.2 Å². The van der Waals surface area contributed by atoms with E-state index in [4.69, 9.17) is 0 Å². The van der Waals surface area contributed by atoms with Crippen LogP contribution in [0.15, 0.2) is 24.3 Å². The van der Waals surface area contributed by atoms with Crippen molar-refractivity contribution in [1.29, 1.82) is 0 Å². The fourth-order valence-corrected chi connectivity index (χ4v) is 2.50. The van der Waals surface area contributed by atoms with Crippen LogP contribution in [-0.2, 0) is 23.0 Å². The van der Waals surface area contributed by atoms with Crippen molar-refractivity contribution in [2.75, 3.05) is 5.75 Å². The standard InChI is InChI=1S/C12H19NO2S/c1-3-9-16(14,15)13-10-12-7-5-11(4-2)6-8-12/h5-8,13H,3-4,9-10H2,1-2H3. The van der Waals surface area contributed by atoms with Gasteiger partial charge in [0.15, 0.2) is 0 Å². The summed E-state index contributed by atoms with van der Waals surface area (Å²) in [5, 5.41) is 0. The molecule has 1 rings (SSSR count). The number of aryl methyl sites for hydroxylation is 1. The Morgan fingerprint density at radius 3 is 2.12 bits per heavy atom. The molecule has 90 valence electrons. The Balaban J connectivity index is 2.54. The minimum atomic E-state index is -3.10. The van der Waals surface area contributed by atoms with E-state index in [1.165, 1.54) is 5.56 Å². The van der Waals surface area contributed by atoms with E-state index in [2.05, 4.69) is 11.6 Å². The first-order chi connectivity index (χ1) is 7.57. The minimum Gasteiger partial charge on any atom is -0.212 e. The molecule has 1 aromatic carbocycles. The topological polar surface area (TPSA) is 46.2 Å². The average Bonchev–Trinajstić information content (AvgIpc) is 2.27. The Bertz CT molecular complexity index is 409. The molecule has 0 unspecified atom stereocenters. The van der Waals surface area contributed by atoms with Gasteiger partial charge in [-0.15, -0.1) is 0 Å². The van der Waals surface area contributed by atoms with Gasteiger partial charge in [0.1, 0.15) is 0 Å². The Kier molecular flexibility index (Phi) is 4.96. The zero-order valence-corrected chi connectivity index (χ0v) is 10.7. The fraction of sp³-hybridized carbons (Fsp3) is 0.500. The number of nitrogens with one attached hydrogen (secondary N) is 1. The number of hydrogen-bond donors (Lipinski definition) is 1. The molecule has 0 heterocycles. The molecule has 0 aromatic heterocycles. The van der Waals surface area contributed by atoms with Crippen molar-refractivity contribution in [3.8, 4) is 0 Å². The summed E-state index contributed by atoms with van der Waals surface area (Å²) in [5.74, 6) is 0.194. The van der Waals surface area contributed by atoms with Crippen LogP contribution < -0.4 is 4.72 Å². The molecule has 4 heteroatoms. The predicted octanol–water partition coefficient (Wildman–Crippen LogP) is 2.08. The lowest BCUT2D eigenvalue weighted by atomic mass is 10.1. The molecule has 1 N–H and O–H groups in total. The fourth-order valence-electron chi connectivity index (χ4n) is 1.43. The summed E-state index contributed by atoms with van der Waals surface area (Å²) >= 11 is 0. The van der Waals surface area contributed by atoms with Gasteiger partial charge in [-0.2, -0.15) is 0 Å². The van der Waals surface area contributed by atoms with Crippen LogP contribution in [0.4, 0.5) is 0 Å². The summed E-state index contributed by atoms with van der Waals surface area (Å²) in [6.45, 7) is 4.33. The van der Waals surface area contributed by atoms with Crippen molar-refractivity contribution in [3.63, 3.8) is 0 Å². The first kappa shape index (κ1) is 13.2.